The fourth-order valence-corrected chi connectivity index (χ4v) is 2.59. The minimum atomic E-state index is -1.06. The molecule has 1 aromatic carbocycles. The molecular weight excluding hydrogens is 350 g/mol. The zero-order chi connectivity index (χ0) is 15.7. The van der Waals surface area contributed by atoms with E-state index >= 15 is 0 Å². The van der Waals surface area contributed by atoms with E-state index < -0.39 is 29.7 Å². The predicted octanol–water partition coefficient (Wildman–Crippen LogP) is 2.55. The molecule has 1 saturated heterocycles. The van der Waals surface area contributed by atoms with E-state index in [2.05, 4.69) is 15.9 Å². The van der Waals surface area contributed by atoms with Gasteiger partial charge < -0.3 is 14.9 Å². The van der Waals surface area contributed by atoms with Crippen molar-refractivity contribution in [2.75, 3.05) is 19.6 Å². The monoisotopic (exact) mass is 362 g/mol. The van der Waals surface area contributed by atoms with Crippen LogP contribution in [0, 0.1) is 11.6 Å². The summed E-state index contributed by atoms with van der Waals surface area (Å²) in [4.78, 5) is 25.7. The zero-order valence-corrected chi connectivity index (χ0v) is 12.7. The van der Waals surface area contributed by atoms with Gasteiger partial charge in [0.25, 0.3) is 5.91 Å². The molecule has 1 aromatic rings. The molecule has 0 aromatic heterocycles. The highest BCUT2D eigenvalue weighted by Crippen LogP contribution is 2.22. The number of hydrogen-bond donors (Lipinski definition) is 1. The largest absolute Gasteiger partial charge is 0.465 e. The topological polar surface area (TPSA) is 60.9 Å². The number of hydrogen-bond acceptors (Lipinski definition) is 2. The second-order valence-electron chi connectivity index (χ2n) is 4.82. The summed E-state index contributed by atoms with van der Waals surface area (Å²) in [6.07, 6.45) is -1.06. The molecule has 5 nitrogen and oxygen atoms in total. The lowest BCUT2D eigenvalue weighted by Crippen LogP contribution is -2.55. The molecular formula is C13H13BrF2N2O3. The second kappa shape index (κ2) is 5.97. The molecule has 1 heterocycles. The van der Waals surface area contributed by atoms with E-state index in [0.717, 1.165) is 12.1 Å². The highest BCUT2D eigenvalue weighted by Gasteiger charge is 2.31. The summed E-state index contributed by atoms with van der Waals surface area (Å²) in [6, 6.07) is 1.34. The molecule has 1 aliphatic heterocycles. The first kappa shape index (κ1) is 15.7. The Morgan fingerprint density at radius 3 is 2.52 bits per heavy atom. The van der Waals surface area contributed by atoms with Crippen LogP contribution in [0.1, 0.15) is 17.3 Å². The first-order valence-electron chi connectivity index (χ1n) is 6.24. The van der Waals surface area contributed by atoms with Crippen molar-refractivity contribution in [1.29, 1.82) is 0 Å². The quantitative estimate of drug-likeness (QED) is 0.781. The van der Waals surface area contributed by atoms with Crippen LogP contribution in [0.3, 0.4) is 0 Å². The molecule has 1 atom stereocenters. The number of carbonyl (C=O) groups excluding carboxylic acids is 1. The predicted molar refractivity (Wildman–Crippen MR) is 74.2 cm³/mol. The standard InChI is InChI=1S/C13H13BrF2N2O3/c1-7-6-17(13(20)21)2-3-18(7)12(19)8-4-11(16)9(14)5-10(8)15/h4-5,7H,2-3,6H2,1H3,(H,20,21)/t7-/m0/s1. The summed E-state index contributed by atoms with van der Waals surface area (Å²) < 4.78 is 27.2. The van der Waals surface area contributed by atoms with Crippen LogP contribution < -0.4 is 0 Å². The fourth-order valence-electron chi connectivity index (χ4n) is 2.27. The van der Waals surface area contributed by atoms with E-state index in [0.29, 0.717) is 0 Å². The Kier molecular flexibility index (Phi) is 4.46. The van der Waals surface area contributed by atoms with Crippen molar-refractivity contribution >= 4 is 27.9 Å². The summed E-state index contributed by atoms with van der Waals surface area (Å²) >= 11 is 2.85. The molecule has 0 spiro atoms. The SMILES string of the molecule is C[C@H]1CN(C(=O)O)CCN1C(=O)c1cc(F)c(Br)cc1F. The molecule has 0 saturated carbocycles. The molecule has 2 rings (SSSR count). The van der Waals surface area contributed by atoms with Gasteiger partial charge in [0.05, 0.1) is 10.0 Å². The molecule has 0 aliphatic carbocycles. The van der Waals surface area contributed by atoms with E-state index in [1.54, 1.807) is 6.92 Å². The van der Waals surface area contributed by atoms with E-state index in [4.69, 9.17) is 5.11 Å². The first-order valence-corrected chi connectivity index (χ1v) is 7.04. The molecule has 0 unspecified atom stereocenters. The van der Waals surface area contributed by atoms with Gasteiger partial charge in [-0.25, -0.2) is 13.6 Å². The van der Waals surface area contributed by atoms with Gasteiger partial charge >= 0.3 is 6.09 Å². The van der Waals surface area contributed by atoms with Crippen LogP contribution in [0.4, 0.5) is 13.6 Å². The van der Waals surface area contributed by atoms with E-state index in [1.165, 1.54) is 9.80 Å². The Morgan fingerprint density at radius 1 is 1.29 bits per heavy atom. The molecule has 1 N–H and O–H groups in total. The van der Waals surface area contributed by atoms with Crippen LogP contribution in [0.15, 0.2) is 16.6 Å². The number of nitrogens with zero attached hydrogens (tertiary/aromatic N) is 2. The molecule has 8 heteroatoms. The van der Waals surface area contributed by atoms with E-state index in [1.807, 2.05) is 0 Å². The average molecular weight is 363 g/mol. The summed E-state index contributed by atoms with van der Waals surface area (Å²) in [5, 5.41) is 8.92. The van der Waals surface area contributed by atoms with Crippen molar-refractivity contribution in [3.8, 4) is 0 Å². The Hall–Kier alpha value is -1.70. The molecule has 1 aliphatic rings. The number of carboxylic acid groups (broad SMARTS) is 1. The van der Waals surface area contributed by atoms with E-state index in [-0.39, 0.29) is 29.7 Å². The van der Waals surface area contributed by atoms with Crippen LogP contribution in [-0.4, -0.2) is 52.6 Å². The van der Waals surface area contributed by atoms with Crippen molar-refractivity contribution in [2.24, 2.45) is 0 Å². The third-order valence-electron chi connectivity index (χ3n) is 3.40. The van der Waals surface area contributed by atoms with Gasteiger partial charge in [0, 0.05) is 25.7 Å². The van der Waals surface area contributed by atoms with Gasteiger partial charge in [0.2, 0.25) is 0 Å². The Bertz CT molecular complexity index is 597. The molecule has 114 valence electrons. The van der Waals surface area contributed by atoms with Gasteiger partial charge in [-0.3, -0.25) is 4.79 Å². The maximum Gasteiger partial charge on any atom is 0.407 e. The number of benzene rings is 1. The number of halogens is 3. The minimum absolute atomic E-state index is 0.0553. The van der Waals surface area contributed by atoms with Crippen molar-refractivity contribution in [3.63, 3.8) is 0 Å². The van der Waals surface area contributed by atoms with E-state index in [9.17, 15) is 18.4 Å². The van der Waals surface area contributed by atoms with Gasteiger partial charge in [-0.15, -0.1) is 0 Å². The number of carbonyl (C=O) groups is 2. The van der Waals surface area contributed by atoms with Gasteiger partial charge in [0.1, 0.15) is 11.6 Å². The van der Waals surface area contributed by atoms with Crippen LogP contribution in [-0.2, 0) is 0 Å². The average Bonchev–Trinajstić information content (AvgIpc) is 2.42. The summed E-state index contributed by atoms with van der Waals surface area (Å²) in [7, 11) is 0. The van der Waals surface area contributed by atoms with Crippen LogP contribution in [0.5, 0.6) is 0 Å². The third kappa shape index (κ3) is 3.15. The minimum Gasteiger partial charge on any atom is -0.465 e. The lowest BCUT2D eigenvalue weighted by atomic mass is 10.1. The molecule has 0 radical (unpaired) electrons. The molecule has 21 heavy (non-hydrogen) atoms. The summed E-state index contributed by atoms with van der Waals surface area (Å²) in [6.45, 7) is 2.09. The normalized spacial score (nSPS) is 18.8. The number of amides is 2. The maximum absolute atomic E-state index is 13.8. The van der Waals surface area contributed by atoms with Gasteiger partial charge in [-0.2, -0.15) is 0 Å². The summed E-state index contributed by atoms with van der Waals surface area (Å²) in [5.74, 6) is -2.19. The highest BCUT2D eigenvalue weighted by atomic mass is 79.9. The molecule has 0 bridgehead atoms. The van der Waals surface area contributed by atoms with Crippen LogP contribution >= 0.6 is 15.9 Å². The van der Waals surface area contributed by atoms with Gasteiger partial charge in [0.15, 0.2) is 0 Å². The fraction of sp³-hybridized carbons (Fsp3) is 0.385. The molecule has 2 amide bonds. The van der Waals surface area contributed by atoms with Gasteiger partial charge in [-0.1, -0.05) is 0 Å². The van der Waals surface area contributed by atoms with Crippen molar-refractivity contribution in [2.45, 2.75) is 13.0 Å². The Morgan fingerprint density at radius 2 is 1.95 bits per heavy atom. The maximum atomic E-state index is 13.8. The smallest absolute Gasteiger partial charge is 0.407 e. The first-order chi connectivity index (χ1) is 9.81. The summed E-state index contributed by atoms with van der Waals surface area (Å²) in [5.41, 5.74) is -0.355. The Labute approximate surface area is 128 Å². The third-order valence-corrected chi connectivity index (χ3v) is 4.01. The van der Waals surface area contributed by atoms with Crippen molar-refractivity contribution < 1.29 is 23.5 Å². The number of piperazine rings is 1. The van der Waals surface area contributed by atoms with Crippen LogP contribution in [0.25, 0.3) is 0 Å². The Balaban J connectivity index is 2.21. The lowest BCUT2D eigenvalue weighted by molar-refractivity contribution is 0.0479. The van der Waals surface area contributed by atoms with Crippen molar-refractivity contribution in [3.05, 3.63) is 33.8 Å². The van der Waals surface area contributed by atoms with Gasteiger partial charge in [-0.05, 0) is 35.0 Å². The highest BCUT2D eigenvalue weighted by molar-refractivity contribution is 9.10. The second-order valence-corrected chi connectivity index (χ2v) is 5.68. The van der Waals surface area contributed by atoms with Crippen LogP contribution in [0.2, 0.25) is 0 Å². The van der Waals surface area contributed by atoms with Crippen molar-refractivity contribution in [1.82, 2.24) is 9.80 Å². The lowest BCUT2D eigenvalue weighted by Gasteiger charge is -2.38. The molecule has 1 fully saturated rings. The number of rotatable bonds is 1. The zero-order valence-electron chi connectivity index (χ0n) is 11.1.